The van der Waals surface area contributed by atoms with Crippen molar-refractivity contribution < 1.29 is 9.18 Å². The number of halogens is 1. The summed E-state index contributed by atoms with van der Waals surface area (Å²) in [5.41, 5.74) is 5.30. The fourth-order valence-electron chi connectivity index (χ4n) is 1.09. The van der Waals surface area contributed by atoms with E-state index in [2.05, 4.69) is 15.5 Å². The molecule has 5 nitrogen and oxygen atoms in total. The number of hydrogen-bond acceptors (Lipinski definition) is 5. The largest absolute Gasteiger partial charge is 0.374 e. The SMILES string of the molecule is Nc1nnc(NC(=O)c2ccccc2F)s1. The van der Waals surface area contributed by atoms with Crippen LogP contribution in [0.15, 0.2) is 24.3 Å². The van der Waals surface area contributed by atoms with Gasteiger partial charge in [-0.2, -0.15) is 0 Å². The third-order valence-electron chi connectivity index (χ3n) is 1.78. The lowest BCUT2D eigenvalue weighted by Gasteiger charge is -2.01. The molecule has 0 saturated heterocycles. The topological polar surface area (TPSA) is 80.9 Å². The number of nitrogens with two attached hydrogens (primary N) is 1. The molecule has 1 aromatic carbocycles. The van der Waals surface area contributed by atoms with Gasteiger partial charge in [-0.1, -0.05) is 23.5 Å². The average molecular weight is 238 g/mol. The summed E-state index contributed by atoms with van der Waals surface area (Å²) in [6.07, 6.45) is 0. The number of rotatable bonds is 2. The van der Waals surface area contributed by atoms with E-state index in [0.29, 0.717) is 0 Å². The lowest BCUT2D eigenvalue weighted by molar-refractivity contribution is 0.102. The average Bonchev–Trinajstić information content (AvgIpc) is 2.64. The zero-order chi connectivity index (χ0) is 11.5. The minimum Gasteiger partial charge on any atom is -0.374 e. The van der Waals surface area contributed by atoms with Gasteiger partial charge in [-0.05, 0) is 12.1 Å². The van der Waals surface area contributed by atoms with Crippen LogP contribution in [0, 0.1) is 5.82 Å². The van der Waals surface area contributed by atoms with Gasteiger partial charge in [-0.15, -0.1) is 10.2 Å². The summed E-state index contributed by atoms with van der Waals surface area (Å²) in [7, 11) is 0. The molecule has 0 atom stereocenters. The van der Waals surface area contributed by atoms with Crippen LogP contribution >= 0.6 is 11.3 Å². The lowest BCUT2D eigenvalue weighted by atomic mass is 10.2. The minimum atomic E-state index is -0.586. The Hall–Kier alpha value is -2.02. The van der Waals surface area contributed by atoms with Crippen LogP contribution in [-0.4, -0.2) is 16.1 Å². The summed E-state index contributed by atoms with van der Waals surface area (Å²) in [5.74, 6) is -1.16. The molecule has 0 aliphatic rings. The van der Waals surface area contributed by atoms with E-state index in [1.54, 1.807) is 6.07 Å². The third-order valence-corrected chi connectivity index (χ3v) is 2.45. The van der Waals surface area contributed by atoms with Gasteiger partial charge in [0.2, 0.25) is 10.3 Å². The van der Waals surface area contributed by atoms with Crippen molar-refractivity contribution in [2.45, 2.75) is 0 Å². The Bertz CT molecular complexity index is 528. The van der Waals surface area contributed by atoms with E-state index in [9.17, 15) is 9.18 Å². The number of nitrogens with one attached hydrogen (secondary N) is 1. The third kappa shape index (κ3) is 2.14. The van der Waals surface area contributed by atoms with Crippen molar-refractivity contribution >= 4 is 27.5 Å². The minimum absolute atomic E-state index is 0.0451. The van der Waals surface area contributed by atoms with Gasteiger partial charge in [-0.25, -0.2) is 4.39 Å². The number of nitrogen functional groups attached to an aromatic ring is 1. The van der Waals surface area contributed by atoms with E-state index in [-0.39, 0.29) is 15.8 Å². The first kappa shape index (κ1) is 10.5. The number of benzene rings is 1. The number of amides is 1. The van der Waals surface area contributed by atoms with Crippen LogP contribution in [0.4, 0.5) is 14.7 Å². The molecule has 1 aromatic heterocycles. The van der Waals surface area contributed by atoms with Crippen molar-refractivity contribution in [3.8, 4) is 0 Å². The molecule has 82 valence electrons. The molecule has 0 spiro atoms. The molecule has 1 amide bonds. The molecule has 0 unspecified atom stereocenters. The number of carbonyl (C=O) groups is 1. The molecule has 0 aliphatic carbocycles. The van der Waals surface area contributed by atoms with Crippen LogP contribution in [0.5, 0.6) is 0 Å². The monoisotopic (exact) mass is 238 g/mol. The van der Waals surface area contributed by atoms with Crippen molar-refractivity contribution in [3.63, 3.8) is 0 Å². The van der Waals surface area contributed by atoms with Crippen molar-refractivity contribution in [2.24, 2.45) is 0 Å². The molecule has 2 aromatic rings. The molecule has 0 aliphatic heterocycles. The number of carbonyl (C=O) groups excluding carboxylic acids is 1. The zero-order valence-corrected chi connectivity index (χ0v) is 8.79. The Morgan fingerprint density at radius 1 is 1.38 bits per heavy atom. The second-order valence-electron chi connectivity index (χ2n) is 2.88. The molecule has 16 heavy (non-hydrogen) atoms. The lowest BCUT2D eigenvalue weighted by Crippen LogP contribution is -2.13. The first-order chi connectivity index (χ1) is 7.66. The molecular weight excluding hydrogens is 231 g/mol. The summed E-state index contributed by atoms with van der Waals surface area (Å²) in [5, 5.41) is 10.0. The number of aromatic nitrogens is 2. The van der Waals surface area contributed by atoms with Gasteiger partial charge in [0, 0.05) is 0 Å². The quantitative estimate of drug-likeness (QED) is 0.831. The first-order valence-electron chi connectivity index (χ1n) is 4.31. The maximum atomic E-state index is 13.2. The fraction of sp³-hybridized carbons (Fsp3) is 0. The van der Waals surface area contributed by atoms with Gasteiger partial charge in [-0.3, -0.25) is 10.1 Å². The van der Waals surface area contributed by atoms with Crippen molar-refractivity contribution in [1.82, 2.24) is 10.2 Å². The predicted molar refractivity (Wildman–Crippen MR) is 58.7 cm³/mol. The first-order valence-corrected chi connectivity index (χ1v) is 5.13. The van der Waals surface area contributed by atoms with E-state index in [4.69, 9.17) is 5.73 Å². The van der Waals surface area contributed by atoms with E-state index < -0.39 is 11.7 Å². The summed E-state index contributed by atoms with van der Waals surface area (Å²) < 4.78 is 13.2. The molecule has 0 bridgehead atoms. The Morgan fingerprint density at radius 3 is 2.75 bits per heavy atom. The summed E-state index contributed by atoms with van der Waals surface area (Å²) in [4.78, 5) is 11.6. The van der Waals surface area contributed by atoms with E-state index in [0.717, 1.165) is 11.3 Å². The molecule has 1 heterocycles. The highest BCUT2D eigenvalue weighted by molar-refractivity contribution is 7.19. The zero-order valence-electron chi connectivity index (χ0n) is 7.98. The van der Waals surface area contributed by atoms with Crippen LogP contribution < -0.4 is 11.1 Å². The summed E-state index contributed by atoms with van der Waals surface area (Å²) in [6.45, 7) is 0. The van der Waals surface area contributed by atoms with Gasteiger partial charge < -0.3 is 5.73 Å². The highest BCUT2D eigenvalue weighted by atomic mass is 32.1. The molecule has 0 fully saturated rings. The van der Waals surface area contributed by atoms with Crippen molar-refractivity contribution in [2.75, 3.05) is 11.1 Å². The normalized spacial score (nSPS) is 10.1. The van der Waals surface area contributed by atoms with Gasteiger partial charge in [0.1, 0.15) is 5.82 Å². The maximum Gasteiger partial charge on any atom is 0.260 e. The number of nitrogens with zero attached hydrogens (tertiary/aromatic N) is 2. The Morgan fingerprint density at radius 2 is 2.12 bits per heavy atom. The molecule has 7 heteroatoms. The Labute approximate surface area is 94.1 Å². The van der Waals surface area contributed by atoms with Gasteiger partial charge in [0.05, 0.1) is 5.56 Å². The second kappa shape index (κ2) is 4.23. The van der Waals surface area contributed by atoms with Gasteiger partial charge in [0.25, 0.3) is 5.91 Å². The van der Waals surface area contributed by atoms with Crippen LogP contribution in [0.3, 0.4) is 0 Å². The van der Waals surface area contributed by atoms with Crippen molar-refractivity contribution in [1.29, 1.82) is 0 Å². The summed E-state index contributed by atoms with van der Waals surface area (Å²) >= 11 is 1.02. The van der Waals surface area contributed by atoms with E-state index >= 15 is 0 Å². The van der Waals surface area contributed by atoms with Crippen LogP contribution in [0.1, 0.15) is 10.4 Å². The molecule has 0 radical (unpaired) electrons. The smallest absolute Gasteiger partial charge is 0.260 e. The fourth-order valence-corrected chi connectivity index (χ4v) is 1.60. The van der Waals surface area contributed by atoms with Crippen LogP contribution in [-0.2, 0) is 0 Å². The highest BCUT2D eigenvalue weighted by Gasteiger charge is 2.12. The van der Waals surface area contributed by atoms with Crippen LogP contribution in [0.25, 0.3) is 0 Å². The maximum absolute atomic E-state index is 13.2. The van der Waals surface area contributed by atoms with Gasteiger partial charge in [0.15, 0.2) is 0 Å². The van der Waals surface area contributed by atoms with Crippen LogP contribution in [0.2, 0.25) is 0 Å². The molecule has 3 N–H and O–H groups in total. The Balaban J connectivity index is 2.18. The summed E-state index contributed by atoms with van der Waals surface area (Å²) in [6, 6.07) is 5.68. The van der Waals surface area contributed by atoms with E-state index in [1.165, 1.54) is 18.2 Å². The van der Waals surface area contributed by atoms with Crippen molar-refractivity contribution in [3.05, 3.63) is 35.6 Å². The standard InChI is InChI=1S/C9H7FN4OS/c10-6-4-2-1-3-5(6)7(15)12-9-14-13-8(11)16-9/h1-4H,(H2,11,13)(H,12,14,15). The molecular formula is C9H7FN4OS. The Kier molecular flexibility index (Phi) is 2.78. The predicted octanol–water partition coefficient (Wildman–Crippen LogP) is 1.51. The highest BCUT2D eigenvalue weighted by Crippen LogP contribution is 2.17. The van der Waals surface area contributed by atoms with Gasteiger partial charge >= 0.3 is 0 Å². The number of anilines is 2. The molecule has 2 rings (SSSR count). The van der Waals surface area contributed by atoms with E-state index in [1.807, 2.05) is 0 Å². The second-order valence-corrected chi connectivity index (χ2v) is 3.89. The molecule has 0 saturated carbocycles. The number of hydrogen-bond donors (Lipinski definition) is 2.